The third-order valence-electron chi connectivity index (χ3n) is 4.77. The standard InChI is InChI=1S/C25H24FNO5/c1-17-5-4-6-23(18(17)2)31-16-25(28)32-27-14-19-7-12-24(29-3)20(13-19)15-30-22-10-8-21(26)9-11-22/h4-14H,15-16H2,1-3H3/b27-14-. The quantitative estimate of drug-likeness (QED) is 0.268. The van der Waals surface area contributed by atoms with Crippen LogP contribution in [0.5, 0.6) is 17.2 Å². The molecule has 0 saturated heterocycles. The maximum Gasteiger partial charge on any atom is 0.372 e. The third kappa shape index (κ3) is 6.31. The highest BCUT2D eigenvalue weighted by Crippen LogP contribution is 2.22. The molecule has 0 radical (unpaired) electrons. The minimum absolute atomic E-state index is 0.208. The van der Waals surface area contributed by atoms with E-state index in [0.717, 1.165) is 16.7 Å². The molecule has 0 saturated carbocycles. The van der Waals surface area contributed by atoms with Gasteiger partial charge < -0.3 is 19.0 Å². The lowest BCUT2D eigenvalue weighted by atomic mass is 10.1. The first-order valence-corrected chi connectivity index (χ1v) is 9.94. The molecule has 0 bridgehead atoms. The molecule has 0 N–H and O–H groups in total. The van der Waals surface area contributed by atoms with E-state index in [2.05, 4.69) is 5.16 Å². The van der Waals surface area contributed by atoms with E-state index in [1.165, 1.54) is 18.3 Å². The molecule has 3 aromatic carbocycles. The molecule has 6 nitrogen and oxygen atoms in total. The summed E-state index contributed by atoms with van der Waals surface area (Å²) in [4.78, 5) is 16.8. The van der Waals surface area contributed by atoms with Gasteiger partial charge in [0.15, 0.2) is 6.61 Å². The van der Waals surface area contributed by atoms with Crippen LogP contribution in [0.2, 0.25) is 0 Å². The fourth-order valence-electron chi connectivity index (χ4n) is 2.87. The Labute approximate surface area is 186 Å². The molecular weight excluding hydrogens is 413 g/mol. The Bertz CT molecular complexity index is 1100. The molecule has 0 fully saturated rings. The van der Waals surface area contributed by atoms with Gasteiger partial charge in [-0.3, -0.25) is 0 Å². The van der Waals surface area contributed by atoms with Gasteiger partial charge in [-0.1, -0.05) is 17.3 Å². The zero-order valence-electron chi connectivity index (χ0n) is 18.1. The lowest BCUT2D eigenvalue weighted by molar-refractivity contribution is -0.145. The molecule has 0 unspecified atom stereocenters. The fourth-order valence-corrected chi connectivity index (χ4v) is 2.87. The molecule has 0 aliphatic carbocycles. The lowest BCUT2D eigenvalue weighted by Gasteiger charge is -2.11. The summed E-state index contributed by atoms with van der Waals surface area (Å²) >= 11 is 0. The zero-order chi connectivity index (χ0) is 22.9. The SMILES string of the molecule is COc1ccc(/C=N\OC(=O)COc2cccc(C)c2C)cc1COc1ccc(F)cc1. The minimum Gasteiger partial charge on any atom is -0.496 e. The highest BCUT2D eigenvalue weighted by molar-refractivity contribution is 5.81. The van der Waals surface area contributed by atoms with Gasteiger partial charge in [0.2, 0.25) is 0 Å². The van der Waals surface area contributed by atoms with Crippen molar-refractivity contribution in [2.24, 2.45) is 5.16 Å². The van der Waals surface area contributed by atoms with Crippen LogP contribution in [0.15, 0.2) is 65.8 Å². The number of carbonyl (C=O) groups excluding carboxylic acids is 1. The number of hydrogen-bond acceptors (Lipinski definition) is 6. The lowest BCUT2D eigenvalue weighted by Crippen LogP contribution is -2.13. The van der Waals surface area contributed by atoms with Crippen LogP contribution in [0.3, 0.4) is 0 Å². The Kier molecular flexibility index (Phi) is 7.80. The third-order valence-corrected chi connectivity index (χ3v) is 4.77. The first kappa shape index (κ1) is 22.8. The topological polar surface area (TPSA) is 66.4 Å². The van der Waals surface area contributed by atoms with Crippen molar-refractivity contribution in [3.8, 4) is 17.2 Å². The van der Waals surface area contributed by atoms with Gasteiger partial charge in [0.05, 0.1) is 13.3 Å². The van der Waals surface area contributed by atoms with Gasteiger partial charge in [0.25, 0.3) is 0 Å². The summed E-state index contributed by atoms with van der Waals surface area (Å²) in [6, 6.07) is 16.7. The number of benzene rings is 3. The first-order chi connectivity index (χ1) is 15.5. The second-order valence-electron chi connectivity index (χ2n) is 7.00. The Morgan fingerprint density at radius 2 is 1.78 bits per heavy atom. The van der Waals surface area contributed by atoms with Gasteiger partial charge in [0.1, 0.15) is 29.7 Å². The number of hydrogen-bond donors (Lipinski definition) is 0. The number of carbonyl (C=O) groups is 1. The molecule has 0 atom stereocenters. The van der Waals surface area contributed by atoms with E-state index in [-0.39, 0.29) is 19.0 Å². The maximum absolute atomic E-state index is 13.0. The second-order valence-corrected chi connectivity index (χ2v) is 7.00. The predicted molar refractivity (Wildman–Crippen MR) is 119 cm³/mol. The van der Waals surface area contributed by atoms with Crippen LogP contribution in [0.1, 0.15) is 22.3 Å². The van der Waals surface area contributed by atoms with Crippen molar-refractivity contribution in [1.82, 2.24) is 0 Å². The molecule has 32 heavy (non-hydrogen) atoms. The summed E-state index contributed by atoms with van der Waals surface area (Å²) in [5.74, 6) is 0.845. The molecule has 7 heteroatoms. The van der Waals surface area contributed by atoms with Crippen LogP contribution in [0.25, 0.3) is 0 Å². The number of rotatable bonds is 9. The first-order valence-electron chi connectivity index (χ1n) is 9.94. The number of oxime groups is 1. The van der Waals surface area contributed by atoms with Crippen molar-refractivity contribution in [2.45, 2.75) is 20.5 Å². The maximum atomic E-state index is 13.0. The summed E-state index contributed by atoms with van der Waals surface area (Å²) in [5, 5.41) is 3.74. The monoisotopic (exact) mass is 437 g/mol. The largest absolute Gasteiger partial charge is 0.496 e. The number of ether oxygens (including phenoxy) is 3. The zero-order valence-corrected chi connectivity index (χ0v) is 18.1. The van der Waals surface area contributed by atoms with Crippen LogP contribution in [0, 0.1) is 19.7 Å². The molecule has 0 amide bonds. The minimum atomic E-state index is -0.615. The predicted octanol–water partition coefficient (Wildman–Crippen LogP) is 4.99. The molecule has 0 aromatic heterocycles. The Hall–Kier alpha value is -3.87. The van der Waals surface area contributed by atoms with E-state index in [0.29, 0.717) is 22.8 Å². The van der Waals surface area contributed by atoms with Gasteiger partial charge in [0, 0.05) is 5.56 Å². The van der Waals surface area contributed by atoms with E-state index < -0.39 is 5.97 Å². The molecule has 3 aromatic rings. The van der Waals surface area contributed by atoms with Crippen molar-refractivity contribution < 1.29 is 28.2 Å². The number of methoxy groups -OCH3 is 1. The molecule has 166 valence electrons. The Morgan fingerprint density at radius 3 is 2.53 bits per heavy atom. The highest BCUT2D eigenvalue weighted by Gasteiger charge is 2.08. The second kappa shape index (κ2) is 10.9. The normalized spacial score (nSPS) is 10.8. The molecule has 0 aliphatic heterocycles. The summed E-state index contributed by atoms with van der Waals surface area (Å²) in [6.45, 7) is 3.86. The van der Waals surface area contributed by atoms with Gasteiger partial charge in [-0.2, -0.15) is 0 Å². The Balaban J connectivity index is 1.56. The number of aryl methyl sites for hydroxylation is 1. The summed E-state index contributed by atoms with van der Waals surface area (Å²) in [6.07, 6.45) is 1.41. The number of nitrogens with zero attached hydrogens (tertiary/aromatic N) is 1. The average Bonchev–Trinajstić information content (AvgIpc) is 2.80. The van der Waals surface area contributed by atoms with Crippen molar-refractivity contribution in [1.29, 1.82) is 0 Å². The summed E-state index contributed by atoms with van der Waals surface area (Å²) < 4.78 is 29.6. The van der Waals surface area contributed by atoms with Crippen LogP contribution < -0.4 is 14.2 Å². The van der Waals surface area contributed by atoms with E-state index in [4.69, 9.17) is 19.0 Å². The molecule has 3 rings (SSSR count). The van der Waals surface area contributed by atoms with E-state index >= 15 is 0 Å². The van der Waals surface area contributed by atoms with Crippen LogP contribution in [-0.4, -0.2) is 25.9 Å². The van der Waals surface area contributed by atoms with Crippen molar-refractivity contribution in [3.05, 3.63) is 88.7 Å². The fraction of sp³-hybridized carbons (Fsp3) is 0.200. The molecule has 0 heterocycles. The smallest absolute Gasteiger partial charge is 0.372 e. The molecular formula is C25H24FNO5. The van der Waals surface area contributed by atoms with Crippen molar-refractivity contribution >= 4 is 12.2 Å². The van der Waals surface area contributed by atoms with Crippen LogP contribution in [-0.2, 0) is 16.2 Å². The van der Waals surface area contributed by atoms with Crippen LogP contribution in [0.4, 0.5) is 4.39 Å². The van der Waals surface area contributed by atoms with Gasteiger partial charge >= 0.3 is 5.97 Å². The highest BCUT2D eigenvalue weighted by atomic mass is 19.1. The van der Waals surface area contributed by atoms with Gasteiger partial charge in [-0.05, 0) is 79.1 Å². The summed E-state index contributed by atoms with van der Waals surface area (Å²) in [7, 11) is 1.56. The molecule has 0 spiro atoms. The van der Waals surface area contributed by atoms with E-state index in [1.807, 2.05) is 26.0 Å². The van der Waals surface area contributed by atoms with Crippen molar-refractivity contribution in [2.75, 3.05) is 13.7 Å². The van der Waals surface area contributed by atoms with Crippen molar-refractivity contribution in [3.63, 3.8) is 0 Å². The van der Waals surface area contributed by atoms with Gasteiger partial charge in [-0.25, -0.2) is 9.18 Å². The van der Waals surface area contributed by atoms with Gasteiger partial charge in [-0.15, -0.1) is 0 Å². The van der Waals surface area contributed by atoms with E-state index in [1.54, 1.807) is 43.5 Å². The van der Waals surface area contributed by atoms with E-state index in [9.17, 15) is 9.18 Å². The van der Waals surface area contributed by atoms with Crippen LogP contribution >= 0.6 is 0 Å². The number of halogens is 1. The summed E-state index contributed by atoms with van der Waals surface area (Å²) in [5.41, 5.74) is 3.49. The molecule has 0 aliphatic rings. The Morgan fingerprint density at radius 1 is 1.00 bits per heavy atom. The average molecular weight is 437 g/mol.